The molecule has 0 atom stereocenters. The van der Waals surface area contributed by atoms with Gasteiger partial charge in [-0.3, -0.25) is 4.98 Å². The van der Waals surface area contributed by atoms with Crippen molar-refractivity contribution < 1.29 is 0 Å². The molecule has 2 aromatic rings. The third-order valence-corrected chi connectivity index (χ3v) is 3.16. The van der Waals surface area contributed by atoms with Crippen LogP contribution in [0.15, 0.2) is 6.20 Å². The average Bonchev–Trinajstić information content (AvgIpc) is 2.82. The molecule has 0 fully saturated rings. The Hall–Kier alpha value is -1.78. The highest BCUT2D eigenvalue weighted by Gasteiger charge is 2.19. The largest absolute Gasteiger partial charge is 0.261 e. The molecule has 0 aliphatic heterocycles. The van der Waals surface area contributed by atoms with E-state index in [2.05, 4.69) is 25.6 Å². The lowest BCUT2D eigenvalue weighted by Crippen LogP contribution is -2.08. The molecule has 5 heteroatoms. The summed E-state index contributed by atoms with van der Waals surface area (Å²) in [4.78, 5) is 4.43. The van der Waals surface area contributed by atoms with Crippen LogP contribution in [0.5, 0.6) is 0 Å². The summed E-state index contributed by atoms with van der Waals surface area (Å²) in [6.45, 7) is 2.00. The van der Waals surface area contributed by atoms with Gasteiger partial charge < -0.3 is 0 Å². The maximum atomic E-state index is 4.43. The second-order valence-corrected chi connectivity index (χ2v) is 4.16. The smallest absolute Gasteiger partial charge is 0.206 e. The standard InChI is InChI=1S/C11H13N5/c1-7-10(11-13-15-16-14-11)9-5-3-2-4-8(9)6-12-7/h6H,2-5H2,1H3,(H,13,14,15,16). The maximum absolute atomic E-state index is 4.43. The molecule has 0 aromatic carbocycles. The zero-order valence-electron chi connectivity index (χ0n) is 9.19. The van der Waals surface area contributed by atoms with Crippen molar-refractivity contribution in [1.82, 2.24) is 25.6 Å². The Morgan fingerprint density at radius 3 is 2.94 bits per heavy atom. The second-order valence-electron chi connectivity index (χ2n) is 4.16. The second kappa shape index (κ2) is 3.66. The number of H-pyrrole nitrogens is 1. The van der Waals surface area contributed by atoms with Crippen molar-refractivity contribution in [2.45, 2.75) is 32.6 Å². The summed E-state index contributed by atoms with van der Waals surface area (Å²) in [7, 11) is 0. The Morgan fingerprint density at radius 1 is 1.25 bits per heavy atom. The van der Waals surface area contributed by atoms with E-state index in [1.165, 1.54) is 24.0 Å². The molecule has 0 spiro atoms. The van der Waals surface area contributed by atoms with Gasteiger partial charge in [-0.1, -0.05) is 0 Å². The van der Waals surface area contributed by atoms with Crippen LogP contribution in [0, 0.1) is 6.92 Å². The number of hydrogen-bond acceptors (Lipinski definition) is 4. The van der Waals surface area contributed by atoms with Crippen molar-refractivity contribution in [2.24, 2.45) is 0 Å². The molecule has 1 aliphatic rings. The van der Waals surface area contributed by atoms with Crippen LogP contribution in [-0.2, 0) is 12.8 Å². The van der Waals surface area contributed by atoms with E-state index in [4.69, 9.17) is 0 Å². The van der Waals surface area contributed by atoms with Gasteiger partial charge in [-0.05, 0) is 48.9 Å². The highest BCUT2D eigenvalue weighted by molar-refractivity contribution is 5.64. The van der Waals surface area contributed by atoms with E-state index in [-0.39, 0.29) is 0 Å². The van der Waals surface area contributed by atoms with E-state index in [9.17, 15) is 0 Å². The molecule has 0 radical (unpaired) electrons. The van der Waals surface area contributed by atoms with E-state index in [1.54, 1.807) is 0 Å². The Morgan fingerprint density at radius 2 is 2.12 bits per heavy atom. The third-order valence-electron chi connectivity index (χ3n) is 3.16. The minimum atomic E-state index is 0.670. The molecule has 2 heterocycles. The Bertz CT molecular complexity index is 503. The summed E-state index contributed by atoms with van der Waals surface area (Å²) in [5, 5.41) is 14.3. The monoisotopic (exact) mass is 215 g/mol. The van der Waals surface area contributed by atoms with Gasteiger partial charge in [0.15, 0.2) is 0 Å². The van der Waals surface area contributed by atoms with E-state index in [0.717, 1.165) is 24.1 Å². The molecule has 0 saturated heterocycles. The topological polar surface area (TPSA) is 67.3 Å². The fourth-order valence-corrected chi connectivity index (χ4v) is 2.38. The molecule has 0 saturated carbocycles. The van der Waals surface area contributed by atoms with E-state index in [1.807, 2.05) is 13.1 Å². The lowest BCUT2D eigenvalue weighted by atomic mass is 9.89. The Labute approximate surface area is 93.3 Å². The van der Waals surface area contributed by atoms with Crippen LogP contribution in [0.2, 0.25) is 0 Å². The van der Waals surface area contributed by atoms with Gasteiger partial charge >= 0.3 is 0 Å². The first kappa shape index (κ1) is 9.45. The fraction of sp³-hybridized carbons (Fsp3) is 0.455. The molecule has 82 valence electrons. The van der Waals surface area contributed by atoms with Crippen molar-refractivity contribution in [1.29, 1.82) is 0 Å². The summed E-state index contributed by atoms with van der Waals surface area (Å²) in [6, 6.07) is 0. The van der Waals surface area contributed by atoms with Crippen LogP contribution in [0.3, 0.4) is 0 Å². The van der Waals surface area contributed by atoms with Crippen molar-refractivity contribution >= 4 is 0 Å². The number of nitrogens with one attached hydrogen (secondary N) is 1. The first-order valence-electron chi connectivity index (χ1n) is 5.57. The molecule has 5 nitrogen and oxygen atoms in total. The van der Waals surface area contributed by atoms with Crippen molar-refractivity contribution in [3.63, 3.8) is 0 Å². The average molecular weight is 215 g/mol. The summed E-state index contributed by atoms with van der Waals surface area (Å²) < 4.78 is 0. The maximum Gasteiger partial charge on any atom is 0.206 e. The summed E-state index contributed by atoms with van der Waals surface area (Å²) in [6.07, 6.45) is 6.70. The van der Waals surface area contributed by atoms with Crippen LogP contribution < -0.4 is 0 Å². The molecular weight excluding hydrogens is 202 g/mol. The number of aryl methyl sites for hydroxylation is 2. The van der Waals surface area contributed by atoms with Crippen LogP contribution in [0.4, 0.5) is 0 Å². The lowest BCUT2D eigenvalue weighted by Gasteiger charge is -2.18. The SMILES string of the molecule is Cc1ncc2c(c1-c1nn[nH]n1)CCCC2. The predicted octanol–water partition coefficient (Wildman–Crippen LogP) is 1.45. The quantitative estimate of drug-likeness (QED) is 0.781. The van der Waals surface area contributed by atoms with Crippen molar-refractivity contribution in [2.75, 3.05) is 0 Å². The van der Waals surface area contributed by atoms with Gasteiger partial charge in [-0.25, -0.2) is 0 Å². The van der Waals surface area contributed by atoms with Gasteiger partial charge in [0.1, 0.15) is 0 Å². The van der Waals surface area contributed by atoms with Crippen LogP contribution in [-0.4, -0.2) is 25.6 Å². The molecule has 0 bridgehead atoms. The predicted molar refractivity (Wildman–Crippen MR) is 58.8 cm³/mol. The van der Waals surface area contributed by atoms with Crippen LogP contribution in [0.1, 0.15) is 29.7 Å². The number of aromatic amines is 1. The van der Waals surface area contributed by atoms with E-state index >= 15 is 0 Å². The van der Waals surface area contributed by atoms with Crippen LogP contribution >= 0.6 is 0 Å². The zero-order valence-corrected chi connectivity index (χ0v) is 9.19. The molecule has 0 unspecified atom stereocenters. The molecule has 0 amide bonds. The number of fused-ring (bicyclic) bond motifs is 1. The van der Waals surface area contributed by atoms with E-state index < -0.39 is 0 Å². The first-order valence-corrected chi connectivity index (χ1v) is 5.57. The summed E-state index contributed by atoms with van der Waals surface area (Å²) in [5.74, 6) is 0.670. The number of tetrazole rings is 1. The zero-order chi connectivity index (χ0) is 11.0. The van der Waals surface area contributed by atoms with Crippen LogP contribution in [0.25, 0.3) is 11.4 Å². The van der Waals surface area contributed by atoms with Gasteiger partial charge in [0.25, 0.3) is 0 Å². The first-order chi connectivity index (χ1) is 7.86. The molecule has 16 heavy (non-hydrogen) atoms. The van der Waals surface area contributed by atoms with Gasteiger partial charge in [0.2, 0.25) is 5.82 Å². The van der Waals surface area contributed by atoms with Gasteiger partial charge in [-0.2, -0.15) is 5.21 Å². The summed E-state index contributed by atoms with van der Waals surface area (Å²) >= 11 is 0. The lowest BCUT2D eigenvalue weighted by molar-refractivity contribution is 0.681. The number of aromatic nitrogens is 5. The minimum absolute atomic E-state index is 0.670. The minimum Gasteiger partial charge on any atom is -0.261 e. The molecule has 2 aromatic heterocycles. The fourth-order valence-electron chi connectivity index (χ4n) is 2.38. The van der Waals surface area contributed by atoms with Crippen molar-refractivity contribution in [3.8, 4) is 11.4 Å². The number of nitrogens with zero attached hydrogens (tertiary/aromatic N) is 4. The van der Waals surface area contributed by atoms with E-state index in [0.29, 0.717) is 5.82 Å². The summed E-state index contributed by atoms with van der Waals surface area (Å²) in [5.41, 5.74) is 4.77. The normalized spacial score (nSPS) is 14.8. The Balaban J connectivity index is 2.22. The molecule has 1 aliphatic carbocycles. The number of pyridine rings is 1. The number of hydrogen-bond donors (Lipinski definition) is 1. The Kier molecular flexibility index (Phi) is 2.16. The third kappa shape index (κ3) is 1.39. The molecule has 3 rings (SSSR count). The molecular formula is C11H13N5. The highest BCUT2D eigenvalue weighted by Crippen LogP contribution is 2.30. The van der Waals surface area contributed by atoms with Gasteiger partial charge in [-0.15, -0.1) is 10.2 Å². The van der Waals surface area contributed by atoms with Gasteiger partial charge in [0, 0.05) is 17.5 Å². The molecule has 1 N–H and O–H groups in total. The highest BCUT2D eigenvalue weighted by atomic mass is 15.5. The van der Waals surface area contributed by atoms with Gasteiger partial charge in [0.05, 0.1) is 0 Å². The van der Waals surface area contributed by atoms with Crippen molar-refractivity contribution in [3.05, 3.63) is 23.0 Å². The number of rotatable bonds is 1.